The van der Waals surface area contributed by atoms with Gasteiger partial charge >= 0.3 is 0 Å². The molecule has 0 radical (unpaired) electrons. The highest BCUT2D eigenvalue weighted by atomic mass is 16.5. The maximum Gasteiger partial charge on any atom is 0.257 e. The monoisotopic (exact) mass is 397 g/mol. The molecule has 2 heterocycles. The number of para-hydroxylation sites is 1. The number of carbonyl (C=O) groups excluding carboxylic acids is 1. The number of hydrogen-bond donors (Lipinski definition) is 1. The first-order chi connectivity index (χ1) is 14.5. The first-order valence-electron chi connectivity index (χ1n) is 9.33. The summed E-state index contributed by atoms with van der Waals surface area (Å²) < 4.78 is 6.92. The number of methoxy groups -OCH3 is 1. The van der Waals surface area contributed by atoms with Gasteiger partial charge in [0.05, 0.1) is 13.3 Å². The number of nitrogens with zero attached hydrogens (tertiary/aromatic N) is 4. The van der Waals surface area contributed by atoms with Crippen LogP contribution in [0.15, 0.2) is 54.7 Å². The number of nitrogens with one attached hydrogen (secondary N) is 1. The lowest BCUT2D eigenvalue weighted by atomic mass is 10.1. The van der Waals surface area contributed by atoms with E-state index in [-0.39, 0.29) is 17.3 Å². The summed E-state index contributed by atoms with van der Waals surface area (Å²) in [6.45, 7) is 3.82. The molecule has 4 aromatic rings. The topological polar surface area (TPSA) is 92.8 Å². The van der Waals surface area contributed by atoms with Gasteiger partial charge in [-0.25, -0.2) is 4.98 Å². The molecule has 30 heavy (non-hydrogen) atoms. The highest BCUT2D eigenvalue weighted by molar-refractivity contribution is 6.05. The Labute approximate surface area is 173 Å². The van der Waals surface area contributed by atoms with E-state index < -0.39 is 0 Å². The van der Waals surface area contributed by atoms with Crippen LogP contribution in [0.4, 0.5) is 5.82 Å². The fraction of sp³-hybridized carbons (Fsp3) is 0.130. The second-order valence-corrected chi connectivity index (χ2v) is 6.85. The molecule has 0 unspecified atom stereocenters. The minimum atomic E-state index is -0.318. The molecule has 2 aromatic carbocycles. The molecule has 0 fully saturated rings. The minimum absolute atomic E-state index is 0.247. The molecule has 2 aromatic heterocycles. The van der Waals surface area contributed by atoms with E-state index in [2.05, 4.69) is 16.5 Å². The maximum atomic E-state index is 12.9. The predicted octanol–water partition coefficient (Wildman–Crippen LogP) is 4.17. The number of fused-ring (bicyclic) bond motifs is 1. The fourth-order valence-electron chi connectivity index (χ4n) is 3.37. The number of amides is 1. The number of aryl methyl sites for hydroxylation is 2. The number of carbonyl (C=O) groups is 1. The molecule has 0 spiro atoms. The summed E-state index contributed by atoms with van der Waals surface area (Å²) in [5.41, 5.74) is 3.26. The largest absolute Gasteiger partial charge is 0.494 e. The molecular weight excluding hydrogens is 378 g/mol. The molecule has 4 rings (SSSR count). The molecule has 0 saturated carbocycles. The van der Waals surface area contributed by atoms with Gasteiger partial charge in [-0.3, -0.25) is 4.79 Å². The predicted molar refractivity (Wildman–Crippen MR) is 114 cm³/mol. The fourth-order valence-corrected chi connectivity index (χ4v) is 3.37. The maximum absolute atomic E-state index is 12.9. The number of rotatable bonds is 4. The highest BCUT2D eigenvalue weighted by Crippen LogP contribution is 2.29. The van der Waals surface area contributed by atoms with Gasteiger partial charge in [-0.05, 0) is 43.2 Å². The number of anilines is 1. The van der Waals surface area contributed by atoms with Crippen LogP contribution in [0.25, 0.3) is 16.7 Å². The number of ether oxygens (including phenoxy) is 1. The summed E-state index contributed by atoms with van der Waals surface area (Å²) in [4.78, 5) is 17.6. The zero-order valence-electron chi connectivity index (χ0n) is 16.8. The SMILES string of the molecule is COc1cccc2c(C)cc(-n3ncc(C#N)c3NC(=O)c3ccccc3C)nc12. The molecule has 148 valence electrons. The number of benzene rings is 2. The first kappa shape index (κ1) is 19.2. The van der Waals surface area contributed by atoms with Gasteiger partial charge in [-0.15, -0.1) is 0 Å². The third-order valence-electron chi connectivity index (χ3n) is 4.94. The molecule has 1 N–H and O–H groups in total. The van der Waals surface area contributed by atoms with Gasteiger partial charge in [0, 0.05) is 10.9 Å². The summed E-state index contributed by atoms with van der Waals surface area (Å²) in [6, 6.07) is 16.9. The molecule has 0 bridgehead atoms. The van der Waals surface area contributed by atoms with Gasteiger partial charge in [0.15, 0.2) is 11.6 Å². The van der Waals surface area contributed by atoms with Crippen LogP contribution in [0, 0.1) is 25.2 Å². The van der Waals surface area contributed by atoms with E-state index in [9.17, 15) is 10.1 Å². The Balaban J connectivity index is 1.84. The van der Waals surface area contributed by atoms with Gasteiger partial charge in [-0.1, -0.05) is 30.3 Å². The molecule has 1 amide bonds. The summed E-state index contributed by atoms with van der Waals surface area (Å²) in [5.74, 6) is 1.06. The summed E-state index contributed by atoms with van der Waals surface area (Å²) in [6.07, 6.45) is 1.41. The number of pyridine rings is 1. The molecule has 0 saturated heterocycles. The van der Waals surface area contributed by atoms with E-state index in [1.165, 1.54) is 10.9 Å². The van der Waals surface area contributed by atoms with Gasteiger partial charge in [0.1, 0.15) is 22.9 Å². The van der Waals surface area contributed by atoms with Crippen LogP contribution in [-0.4, -0.2) is 27.8 Å². The van der Waals surface area contributed by atoms with Gasteiger partial charge in [-0.2, -0.15) is 15.0 Å². The average molecular weight is 397 g/mol. The third-order valence-corrected chi connectivity index (χ3v) is 4.94. The zero-order valence-corrected chi connectivity index (χ0v) is 16.8. The van der Waals surface area contributed by atoms with Crippen LogP contribution in [0.5, 0.6) is 5.75 Å². The molecule has 7 heteroatoms. The lowest BCUT2D eigenvalue weighted by molar-refractivity contribution is 0.102. The Hall–Kier alpha value is -4.18. The standard InChI is InChI=1S/C23H19N5O2/c1-14-7-4-5-8-18(14)23(29)27-22-16(12-24)13-25-28(22)20-11-15(2)17-9-6-10-19(30-3)21(17)26-20/h4-11,13H,1-3H3,(H,27,29). The van der Waals surface area contributed by atoms with Crippen molar-refractivity contribution in [2.75, 3.05) is 12.4 Å². The Morgan fingerprint density at radius 3 is 2.67 bits per heavy atom. The van der Waals surface area contributed by atoms with Crippen LogP contribution in [-0.2, 0) is 0 Å². The quantitative estimate of drug-likeness (QED) is 0.558. The normalized spacial score (nSPS) is 10.6. The van der Waals surface area contributed by atoms with Crippen LogP contribution >= 0.6 is 0 Å². The van der Waals surface area contributed by atoms with Crippen molar-refractivity contribution in [3.05, 3.63) is 77.0 Å². The second-order valence-electron chi connectivity index (χ2n) is 6.85. The molecule has 0 atom stereocenters. The number of hydrogen-bond acceptors (Lipinski definition) is 5. The van der Waals surface area contributed by atoms with E-state index in [4.69, 9.17) is 9.72 Å². The minimum Gasteiger partial charge on any atom is -0.494 e. The van der Waals surface area contributed by atoms with Crippen LogP contribution in [0.3, 0.4) is 0 Å². The number of nitriles is 1. The highest BCUT2D eigenvalue weighted by Gasteiger charge is 2.19. The zero-order chi connectivity index (χ0) is 21.3. The van der Waals surface area contributed by atoms with Crippen molar-refractivity contribution in [1.29, 1.82) is 5.26 Å². The van der Waals surface area contributed by atoms with Crippen LogP contribution < -0.4 is 10.1 Å². The third kappa shape index (κ3) is 3.25. The van der Waals surface area contributed by atoms with Gasteiger partial charge < -0.3 is 10.1 Å². The van der Waals surface area contributed by atoms with Gasteiger partial charge in [0.2, 0.25) is 0 Å². The van der Waals surface area contributed by atoms with Crippen molar-refractivity contribution in [2.45, 2.75) is 13.8 Å². The van der Waals surface area contributed by atoms with E-state index >= 15 is 0 Å². The molecule has 7 nitrogen and oxygen atoms in total. The average Bonchev–Trinajstić information content (AvgIpc) is 3.16. The van der Waals surface area contributed by atoms with Crippen molar-refractivity contribution in [1.82, 2.24) is 14.8 Å². The Bertz CT molecular complexity index is 1320. The summed E-state index contributed by atoms with van der Waals surface area (Å²) in [7, 11) is 1.59. The van der Waals surface area contributed by atoms with Crippen molar-refractivity contribution in [3.63, 3.8) is 0 Å². The van der Waals surface area contributed by atoms with E-state index in [0.29, 0.717) is 22.6 Å². The molecule has 0 aliphatic rings. The van der Waals surface area contributed by atoms with E-state index in [1.807, 2.05) is 50.2 Å². The van der Waals surface area contributed by atoms with E-state index in [1.54, 1.807) is 19.2 Å². The van der Waals surface area contributed by atoms with Crippen molar-refractivity contribution >= 4 is 22.6 Å². The van der Waals surface area contributed by atoms with Crippen molar-refractivity contribution in [3.8, 4) is 17.6 Å². The summed E-state index contributed by atoms with van der Waals surface area (Å²) >= 11 is 0. The second kappa shape index (κ2) is 7.68. The van der Waals surface area contributed by atoms with Crippen molar-refractivity contribution < 1.29 is 9.53 Å². The Morgan fingerprint density at radius 2 is 1.93 bits per heavy atom. The Kier molecular flexibility index (Phi) is 4.90. The lowest BCUT2D eigenvalue weighted by Crippen LogP contribution is -2.17. The molecular formula is C23H19N5O2. The van der Waals surface area contributed by atoms with Crippen LogP contribution in [0.2, 0.25) is 0 Å². The van der Waals surface area contributed by atoms with Crippen LogP contribution in [0.1, 0.15) is 27.0 Å². The first-order valence-corrected chi connectivity index (χ1v) is 9.33. The molecule has 0 aliphatic heterocycles. The molecule has 0 aliphatic carbocycles. The van der Waals surface area contributed by atoms with Gasteiger partial charge in [0.25, 0.3) is 5.91 Å². The summed E-state index contributed by atoms with van der Waals surface area (Å²) in [5, 5.41) is 17.6. The lowest BCUT2D eigenvalue weighted by Gasteiger charge is -2.13. The smallest absolute Gasteiger partial charge is 0.257 e. The van der Waals surface area contributed by atoms with E-state index in [0.717, 1.165) is 16.5 Å². The number of aromatic nitrogens is 3. The van der Waals surface area contributed by atoms with Crippen molar-refractivity contribution in [2.24, 2.45) is 0 Å². The Morgan fingerprint density at radius 1 is 1.13 bits per heavy atom.